The first-order valence-electron chi connectivity index (χ1n) is 11.8. The van der Waals surface area contributed by atoms with Crippen LogP contribution in [-0.4, -0.2) is 31.6 Å². The highest BCUT2D eigenvalue weighted by Gasteiger charge is 2.47. The number of esters is 1. The number of benzene rings is 2. The van der Waals surface area contributed by atoms with Crippen LogP contribution in [0, 0.1) is 5.41 Å². The molecule has 0 amide bonds. The van der Waals surface area contributed by atoms with E-state index in [0.717, 1.165) is 6.07 Å². The number of fused-ring (bicyclic) bond motifs is 1. The van der Waals surface area contributed by atoms with E-state index in [0.29, 0.717) is 29.6 Å². The van der Waals surface area contributed by atoms with E-state index in [1.54, 1.807) is 25.1 Å². The number of rotatable bonds is 7. The number of carbonyl (C=O) groups excluding carboxylic acids is 1. The van der Waals surface area contributed by atoms with Gasteiger partial charge in [0, 0.05) is 34.1 Å². The summed E-state index contributed by atoms with van der Waals surface area (Å²) in [5, 5.41) is 0.472. The summed E-state index contributed by atoms with van der Waals surface area (Å²) in [7, 11) is 1.30. The fourth-order valence-electron chi connectivity index (χ4n) is 4.48. The number of hydrogen-bond acceptors (Lipinski definition) is 7. The Morgan fingerprint density at radius 3 is 2.37 bits per heavy atom. The molecule has 1 aromatic heterocycles. The minimum Gasteiger partial charge on any atom is -0.497 e. The van der Waals surface area contributed by atoms with Gasteiger partial charge in [-0.25, -0.2) is 9.59 Å². The Kier molecular flexibility index (Phi) is 7.18. The highest BCUT2D eigenvalue weighted by atomic mass is 19.4. The van der Waals surface area contributed by atoms with Crippen LogP contribution >= 0.6 is 0 Å². The van der Waals surface area contributed by atoms with Gasteiger partial charge in [0.2, 0.25) is 0 Å². The molecule has 3 aromatic rings. The average molecular weight is 533 g/mol. The molecule has 1 saturated carbocycles. The largest absolute Gasteiger partial charge is 0.573 e. The number of alkyl halides is 3. The summed E-state index contributed by atoms with van der Waals surface area (Å²) in [5.74, 6) is -0.475. The zero-order valence-corrected chi connectivity index (χ0v) is 21.3. The molecule has 0 aliphatic heterocycles. The lowest BCUT2D eigenvalue weighted by atomic mass is 9.86. The topological polar surface area (TPSA) is 84.2 Å². The molecular formula is C28H27F3O7. The molecule has 2 aromatic carbocycles. The molecule has 2 atom stereocenters. The maximum Gasteiger partial charge on any atom is 0.573 e. The molecule has 0 saturated heterocycles. The van der Waals surface area contributed by atoms with Gasteiger partial charge in [0.25, 0.3) is 0 Å². The average Bonchev–Trinajstić information content (AvgIpc) is 3.10. The van der Waals surface area contributed by atoms with E-state index >= 15 is 0 Å². The summed E-state index contributed by atoms with van der Waals surface area (Å²) in [5.41, 5.74) is -1.02. The van der Waals surface area contributed by atoms with E-state index in [1.807, 2.05) is 13.8 Å². The van der Waals surface area contributed by atoms with Crippen LogP contribution in [-0.2, 0) is 9.53 Å². The molecule has 4 rings (SSSR count). The molecule has 0 bridgehead atoms. The molecule has 1 fully saturated rings. The molecule has 0 radical (unpaired) electrons. The van der Waals surface area contributed by atoms with Gasteiger partial charge in [-0.3, -0.25) is 0 Å². The predicted octanol–water partition coefficient (Wildman–Crippen LogP) is 6.42. The smallest absolute Gasteiger partial charge is 0.497 e. The molecule has 1 heterocycles. The van der Waals surface area contributed by atoms with Gasteiger partial charge in [0.05, 0.1) is 12.7 Å². The Labute approximate surface area is 216 Å². The zero-order valence-electron chi connectivity index (χ0n) is 21.3. The van der Waals surface area contributed by atoms with Gasteiger partial charge in [-0.05, 0) is 50.1 Å². The summed E-state index contributed by atoms with van der Waals surface area (Å²) < 4.78 is 65.4. The molecule has 1 aliphatic rings. The summed E-state index contributed by atoms with van der Waals surface area (Å²) in [6.45, 7) is 9.10. The molecule has 0 N–H and O–H groups in total. The number of halogens is 3. The van der Waals surface area contributed by atoms with Crippen molar-refractivity contribution in [3.63, 3.8) is 0 Å². The lowest BCUT2D eigenvalue weighted by molar-refractivity contribution is -0.274. The van der Waals surface area contributed by atoms with Crippen LogP contribution in [0.3, 0.4) is 0 Å². The van der Waals surface area contributed by atoms with Crippen LogP contribution in [0.1, 0.15) is 33.6 Å². The van der Waals surface area contributed by atoms with Gasteiger partial charge < -0.3 is 23.4 Å². The Morgan fingerprint density at radius 1 is 1.03 bits per heavy atom. The lowest BCUT2D eigenvalue weighted by Crippen LogP contribution is -2.38. The van der Waals surface area contributed by atoms with Gasteiger partial charge >= 0.3 is 18.0 Å². The van der Waals surface area contributed by atoms with E-state index in [1.165, 1.54) is 25.3 Å². The standard InChI is InChI=1S/C28H27F3O7/c1-15(2)25(32)37-24-11-10-23(27(24,3)4)35-18-7-6-16-12-20(26(33)36-21(16)14-18)19-9-8-17(34-5)13-22(19)38-28(29,30)31/h6-9,12-14,23-24H,1,10-11H2,2-5H3. The highest BCUT2D eigenvalue weighted by Crippen LogP contribution is 2.43. The van der Waals surface area contributed by atoms with Crippen molar-refractivity contribution in [1.29, 1.82) is 0 Å². The fourth-order valence-corrected chi connectivity index (χ4v) is 4.48. The Morgan fingerprint density at radius 2 is 1.71 bits per heavy atom. The minimum absolute atomic E-state index is 0.0952. The van der Waals surface area contributed by atoms with Crippen molar-refractivity contribution in [2.24, 2.45) is 5.41 Å². The van der Waals surface area contributed by atoms with Crippen molar-refractivity contribution in [3.05, 3.63) is 65.0 Å². The maximum atomic E-state index is 13.0. The van der Waals surface area contributed by atoms with Gasteiger partial charge in [-0.2, -0.15) is 0 Å². The van der Waals surface area contributed by atoms with E-state index in [-0.39, 0.29) is 34.7 Å². The first-order valence-corrected chi connectivity index (χ1v) is 11.8. The zero-order chi connectivity index (χ0) is 27.8. The first kappa shape index (κ1) is 27.1. The predicted molar refractivity (Wildman–Crippen MR) is 133 cm³/mol. The Hall–Kier alpha value is -3.95. The number of methoxy groups -OCH3 is 1. The van der Waals surface area contributed by atoms with Crippen molar-refractivity contribution in [1.82, 2.24) is 0 Å². The molecule has 0 spiro atoms. The Bertz CT molecular complexity index is 1440. The van der Waals surface area contributed by atoms with E-state index in [9.17, 15) is 22.8 Å². The number of ether oxygens (including phenoxy) is 4. The molecule has 2 unspecified atom stereocenters. The third kappa shape index (κ3) is 5.64. The lowest BCUT2D eigenvalue weighted by Gasteiger charge is -2.32. The normalized spacial score (nSPS) is 18.7. The van der Waals surface area contributed by atoms with Crippen LogP contribution in [0.2, 0.25) is 0 Å². The second-order valence-corrected chi connectivity index (χ2v) is 9.74. The summed E-state index contributed by atoms with van der Waals surface area (Å²) in [6.07, 6.45) is -4.35. The molecule has 10 heteroatoms. The first-order chi connectivity index (χ1) is 17.8. The monoisotopic (exact) mass is 532 g/mol. The van der Waals surface area contributed by atoms with E-state index in [4.69, 9.17) is 18.6 Å². The molecule has 7 nitrogen and oxygen atoms in total. The minimum atomic E-state index is -4.97. The van der Waals surface area contributed by atoms with Crippen LogP contribution in [0.4, 0.5) is 13.2 Å². The van der Waals surface area contributed by atoms with Crippen LogP contribution < -0.4 is 19.8 Å². The van der Waals surface area contributed by atoms with Gasteiger partial charge in [-0.15, -0.1) is 13.2 Å². The van der Waals surface area contributed by atoms with Crippen LogP contribution in [0.15, 0.2) is 63.8 Å². The second kappa shape index (κ2) is 10.1. The van der Waals surface area contributed by atoms with Crippen molar-refractivity contribution < 1.29 is 41.3 Å². The molecule has 202 valence electrons. The van der Waals surface area contributed by atoms with Crippen molar-refractivity contribution >= 4 is 16.9 Å². The quantitative estimate of drug-likeness (QED) is 0.197. The Balaban J connectivity index is 1.62. The van der Waals surface area contributed by atoms with Crippen LogP contribution in [0.25, 0.3) is 22.1 Å². The highest BCUT2D eigenvalue weighted by molar-refractivity contribution is 5.87. The number of carbonyl (C=O) groups is 1. The molecular weight excluding hydrogens is 505 g/mol. The third-order valence-electron chi connectivity index (χ3n) is 6.64. The number of hydrogen-bond donors (Lipinski definition) is 0. The molecule has 38 heavy (non-hydrogen) atoms. The van der Waals surface area contributed by atoms with Crippen molar-refractivity contribution in [2.75, 3.05) is 7.11 Å². The van der Waals surface area contributed by atoms with Gasteiger partial charge in [-0.1, -0.05) is 20.4 Å². The van der Waals surface area contributed by atoms with Gasteiger partial charge in [0.15, 0.2) is 0 Å². The van der Waals surface area contributed by atoms with E-state index < -0.39 is 29.1 Å². The summed E-state index contributed by atoms with van der Waals surface area (Å²) in [6, 6.07) is 10.1. The fraction of sp³-hybridized carbons (Fsp3) is 0.357. The van der Waals surface area contributed by atoms with Crippen LogP contribution in [0.5, 0.6) is 17.2 Å². The second-order valence-electron chi connectivity index (χ2n) is 9.74. The molecule has 1 aliphatic carbocycles. The van der Waals surface area contributed by atoms with Crippen molar-refractivity contribution in [2.45, 2.75) is 52.2 Å². The van der Waals surface area contributed by atoms with Gasteiger partial charge in [0.1, 0.15) is 35.0 Å². The van der Waals surface area contributed by atoms with E-state index in [2.05, 4.69) is 11.3 Å². The van der Waals surface area contributed by atoms with Crippen molar-refractivity contribution in [3.8, 4) is 28.4 Å². The third-order valence-corrected chi connectivity index (χ3v) is 6.64. The maximum absolute atomic E-state index is 13.0. The summed E-state index contributed by atoms with van der Waals surface area (Å²) in [4.78, 5) is 24.8. The summed E-state index contributed by atoms with van der Waals surface area (Å²) >= 11 is 0. The SMILES string of the molecule is C=C(C)C(=O)OC1CCC(Oc2ccc3cc(-c4ccc(OC)cc4OC(F)(F)F)c(=O)oc3c2)C1(C)C.